The van der Waals surface area contributed by atoms with Gasteiger partial charge in [-0.15, -0.1) is 0 Å². The smallest absolute Gasteiger partial charge is 0.236 e. The van der Waals surface area contributed by atoms with E-state index >= 15 is 0 Å². The van der Waals surface area contributed by atoms with Crippen LogP contribution in [0.15, 0.2) is 0 Å². The Kier molecular flexibility index (Phi) is 5.69. The van der Waals surface area contributed by atoms with Crippen molar-refractivity contribution >= 4 is 5.91 Å². The van der Waals surface area contributed by atoms with Crippen molar-refractivity contribution in [2.24, 2.45) is 11.7 Å². The van der Waals surface area contributed by atoms with Crippen molar-refractivity contribution in [1.82, 2.24) is 5.32 Å². The minimum absolute atomic E-state index is 0.0303. The molecule has 0 aromatic heterocycles. The van der Waals surface area contributed by atoms with Gasteiger partial charge in [0.2, 0.25) is 5.91 Å². The highest BCUT2D eigenvalue weighted by molar-refractivity contribution is 5.81. The van der Waals surface area contributed by atoms with Crippen molar-refractivity contribution in [2.75, 3.05) is 6.54 Å². The van der Waals surface area contributed by atoms with E-state index in [4.69, 9.17) is 5.73 Å². The van der Waals surface area contributed by atoms with Gasteiger partial charge < -0.3 is 11.1 Å². The molecule has 0 saturated heterocycles. The molecule has 3 heteroatoms. The maximum atomic E-state index is 11.5. The molecule has 0 aromatic rings. The van der Waals surface area contributed by atoms with Crippen LogP contribution in [-0.4, -0.2) is 18.5 Å². The molecule has 15 heavy (non-hydrogen) atoms. The lowest BCUT2D eigenvalue weighted by Gasteiger charge is -2.25. The summed E-state index contributed by atoms with van der Waals surface area (Å²) in [4.78, 5) is 11.5. The highest BCUT2D eigenvalue weighted by Crippen LogP contribution is 2.28. The number of unbranched alkanes of at least 4 members (excludes halogenated alkanes) is 1. The Balaban J connectivity index is 2.00. The van der Waals surface area contributed by atoms with Crippen LogP contribution in [0.1, 0.15) is 51.9 Å². The van der Waals surface area contributed by atoms with E-state index in [1.165, 1.54) is 19.3 Å². The number of carbonyl (C=O) groups excluding carboxylic acids is 1. The van der Waals surface area contributed by atoms with Gasteiger partial charge in [0.1, 0.15) is 0 Å². The molecular weight excluding hydrogens is 188 g/mol. The summed E-state index contributed by atoms with van der Waals surface area (Å²) >= 11 is 0. The molecule has 1 saturated carbocycles. The first-order chi connectivity index (χ1) is 7.24. The molecule has 1 aliphatic rings. The summed E-state index contributed by atoms with van der Waals surface area (Å²) in [7, 11) is 0. The Labute approximate surface area is 92.8 Å². The molecule has 0 aliphatic heterocycles. The average Bonchev–Trinajstić information content (AvgIpc) is 2.17. The minimum atomic E-state index is -0.300. The molecule has 0 heterocycles. The molecule has 1 amide bonds. The van der Waals surface area contributed by atoms with Gasteiger partial charge in [-0.1, -0.05) is 39.0 Å². The zero-order valence-corrected chi connectivity index (χ0v) is 9.80. The fraction of sp³-hybridized carbons (Fsp3) is 0.917. The number of rotatable bonds is 7. The topological polar surface area (TPSA) is 55.1 Å². The first-order valence-electron chi connectivity index (χ1n) is 6.27. The van der Waals surface area contributed by atoms with Crippen LogP contribution in [0, 0.1) is 5.92 Å². The lowest BCUT2D eigenvalue weighted by Crippen LogP contribution is -2.41. The zero-order chi connectivity index (χ0) is 11.1. The molecular formula is C12H24N2O. The molecule has 0 aromatic carbocycles. The summed E-state index contributed by atoms with van der Waals surface area (Å²) < 4.78 is 0. The van der Waals surface area contributed by atoms with Crippen molar-refractivity contribution in [3.8, 4) is 0 Å². The van der Waals surface area contributed by atoms with Gasteiger partial charge >= 0.3 is 0 Å². The number of hydrogen-bond acceptors (Lipinski definition) is 2. The predicted molar refractivity (Wildman–Crippen MR) is 62.5 cm³/mol. The second kappa shape index (κ2) is 6.83. The van der Waals surface area contributed by atoms with Crippen molar-refractivity contribution in [2.45, 2.75) is 57.9 Å². The average molecular weight is 212 g/mol. The lowest BCUT2D eigenvalue weighted by atomic mass is 9.83. The molecule has 88 valence electrons. The molecule has 0 radical (unpaired) electrons. The summed E-state index contributed by atoms with van der Waals surface area (Å²) in [5.74, 6) is 0.889. The first-order valence-corrected chi connectivity index (χ1v) is 6.27. The van der Waals surface area contributed by atoms with E-state index in [9.17, 15) is 4.79 Å². The molecule has 1 unspecified atom stereocenters. The Morgan fingerprint density at radius 1 is 1.53 bits per heavy atom. The highest BCUT2D eigenvalue weighted by atomic mass is 16.2. The Morgan fingerprint density at radius 2 is 2.27 bits per heavy atom. The van der Waals surface area contributed by atoms with Crippen LogP contribution in [0.5, 0.6) is 0 Å². The van der Waals surface area contributed by atoms with Gasteiger partial charge in [0.25, 0.3) is 0 Å². The monoisotopic (exact) mass is 212 g/mol. The molecule has 1 atom stereocenters. The molecule has 3 nitrogen and oxygen atoms in total. The predicted octanol–water partition coefficient (Wildman–Crippen LogP) is 1.81. The van der Waals surface area contributed by atoms with Crippen molar-refractivity contribution < 1.29 is 4.79 Å². The number of carbonyl (C=O) groups is 1. The summed E-state index contributed by atoms with van der Waals surface area (Å²) in [6.07, 6.45) is 8.14. The molecule has 0 bridgehead atoms. The second-order valence-electron chi connectivity index (χ2n) is 4.63. The van der Waals surface area contributed by atoms with Crippen LogP contribution in [0.4, 0.5) is 0 Å². The van der Waals surface area contributed by atoms with E-state index in [1.54, 1.807) is 0 Å². The fourth-order valence-electron chi connectivity index (χ4n) is 1.87. The van der Waals surface area contributed by atoms with Gasteiger partial charge in [0, 0.05) is 6.54 Å². The van der Waals surface area contributed by atoms with Crippen LogP contribution < -0.4 is 11.1 Å². The van der Waals surface area contributed by atoms with Crippen molar-refractivity contribution in [3.63, 3.8) is 0 Å². The minimum Gasteiger partial charge on any atom is -0.355 e. The standard InChI is InChI=1S/C12H24N2O/c1-2-3-7-11(13)12(15)14-9-8-10-5-4-6-10/h10-11H,2-9,13H2,1H3,(H,14,15). The van der Waals surface area contributed by atoms with Crippen LogP contribution in [0.25, 0.3) is 0 Å². The molecule has 1 rings (SSSR count). The van der Waals surface area contributed by atoms with Gasteiger partial charge in [-0.25, -0.2) is 0 Å². The number of amides is 1. The van der Waals surface area contributed by atoms with Gasteiger partial charge in [-0.05, 0) is 18.8 Å². The second-order valence-corrected chi connectivity index (χ2v) is 4.63. The van der Waals surface area contributed by atoms with Crippen LogP contribution in [-0.2, 0) is 4.79 Å². The van der Waals surface area contributed by atoms with E-state index in [2.05, 4.69) is 12.2 Å². The maximum absolute atomic E-state index is 11.5. The van der Waals surface area contributed by atoms with Crippen molar-refractivity contribution in [3.05, 3.63) is 0 Å². The van der Waals surface area contributed by atoms with E-state index in [1.807, 2.05) is 0 Å². The normalized spacial score (nSPS) is 18.3. The summed E-state index contributed by atoms with van der Waals surface area (Å²) in [6.45, 7) is 2.92. The molecule has 1 fully saturated rings. The van der Waals surface area contributed by atoms with Gasteiger partial charge in [0.05, 0.1) is 6.04 Å². The zero-order valence-electron chi connectivity index (χ0n) is 9.80. The van der Waals surface area contributed by atoms with E-state index < -0.39 is 0 Å². The van der Waals surface area contributed by atoms with Crippen LogP contribution in [0.2, 0.25) is 0 Å². The van der Waals surface area contributed by atoms with Crippen LogP contribution >= 0.6 is 0 Å². The number of nitrogens with one attached hydrogen (secondary N) is 1. The van der Waals surface area contributed by atoms with Crippen LogP contribution in [0.3, 0.4) is 0 Å². The van der Waals surface area contributed by atoms with E-state index in [0.29, 0.717) is 0 Å². The van der Waals surface area contributed by atoms with Crippen molar-refractivity contribution in [1.29, 1.82) is 0 Å². The molecule has 0 spiro atoms. The quantitative estimate of drug-likeness (QED) is 0.676. The fourth-order valence-corrected chi connectivity index (χ4v) is 1.87. The van der Waals surface area contributed by atoms with Gasteiger partial charge in [0.15, 0.2) is 0 Å². The summed E-state index contributed by atoms with van der Waals surface area (Å²) in [5.41, 5.74) is 5.75. The van der Waals surface area contributed by atoms with E-state index in [0.717, 1.165) is 38.1 Å². The maximum Gasteiger partial charge on any atom is 0.236 e. The molecule has 3 N–H and O–H groups in total. The van der Waals surface area contributed by atoms with Gasteiger partial charge in [-0.2, -0.15) is 0 Å². The highest BCUT2D eigenvalue weighted by Gasteiger charge is 2.18. The van der Waals surface area contributed by atoms with E-state index in [-0.39, 0.29) is 11.9 Å². The third-order valence-corrected chi connectivity index (χ3v) is 3.28. The SMILES string of the molecule is CCCCC(N)C(=O)NCCC1CCC1. The number of hydrogen-bond donors (Lipinski definition) is 2. The summed E-state index contributed by atoms with van der Waals surface area (Å²) in [5, 5.41) is 2.93. The number of nitrogens with two attached hydrogens (primary N) is 1. The lowest BCUT2D eigenvalue weighted by molar-refractivity contribution is -0.122. The summed E-state index contributed by atoms with van der Waals surface area (Å²) in [6, 6.07) is -0.300. The Morgan fingerprint density at radius 3 is 2.80 bits per heavy atom. The first kappa shape index (κ1) is 12.5. The largest absolute Gasteiger partial charge is 0.355 e. The molecule has 1 aliphatic carbocycles. The van der Waals surface area contributed by atoms with Gasteiger partial charge in [-0.3, -0.25) is 4.79 Å². The Bertz CT molecular complexity index is 190. The third kappa shape index (κ3) is 4.65. The Hall–Kier alpha value is -0.570. The third-order valence-electron chi connectivity index (χ3n) is 3.28.